The molecule has 0 bridgehead atoms. The highest BCUT2D eigenvalue weighted by molar-refractivity contribution is 7.94. The van der Waals surface area contributed by atoms with Gasteiger partial charge in [0, 0.05) is 11.1 Å². The number of aliphatic hydroxyl groups excluding tert-OH is 1. The van der Waals surface area contributed by atoms with Gasteiger partial charge < -0.3 is 25.0 Å². The monoisotopic (exact) mass is 633 g/mol. The van der Waals surface area contributed by atoms with Crippen LogP contribution in [-0.4, -0.2) is 49.5 Å². The Kier molecular flexibility index (Phi) is 10.3. The number of benzene rings is 3. The molecule has 0 heterocycles. The zero-order chi connectivity index (χ0) is 31.9. The van der Waals surface area contributed by atoms with Gasteiger partial charge in [-0.15, -0.1) is 13.2 Å². The molecule has 234 valence electrons. The molecule has 3 aromatic carbocycles. The first kappa shape index (κ1) is 32.6. The highest BCUT2D eigenvalue weighted by Crippen LogP contribution is 2.34. The lowest BCUT2D eigenvalue weighted by Gasteiger charge is -2.22. The van der Waals surface area contributed by atoms with Crippen molar-refractivity contribution >= 4 is 27.5 Å². The van der Waals surface area contributed by atoms with E-state index in [2.05, 4.69) is 10.1 Å². The number of carboxylic acids is 1. The molecule has 13 heteroatoms. The molecule has 9 nitrogen and oxygen atoms in total. The summed E-state index contributed by atoms with van der Waals surface area (Å²) >= 11 is 0. The minimum atomic E-state index is -4.93. The quantitative estimate of drug-likeness (QED) is 0.230. The summed E-state index contributed by atoms with van der Waals surface area (Å²) in [6.45, 7) is -0.503. The number of carboxylic acid groups (broad SMARTS) is 1. The summed E-state index contributed by atoms with van der Waals surface area (Å²) < 4.78 is 74.0. The number of sulfone groups is 1. The number of alkyl halides is 3. The molecule has 1 fully saturated rings. The first-order valence-electron chi connectivity index (χ1n) is 13.7. The number of ether oxygens (including phenoxy) is 2. The van der Waals surface area contributed by atoms with E-state index in [0.29, 0.717) is 11.5 Å². The van der Waals surface area contributed by atoms with Crippen LogP contribution in [0, 0.1) is 0 Å². The maximum Gasteiger partial charge on any atom is 0.573 e. The van der Waals surface area contributed by atoms with E-state index in [1.54, 1.807) is 12.1 Å². The topological polar surface area (TPSA) is 139 Å². The standard InChI is InChI=1S/C31H30F3NO8S/c32-31(33,34)43-25-14-16-26(17-15-25)44(40,41)19-28(22-8-6-21(7-9-22)20-4-2-1-3-5-20)42-24-12-10-23(11-13-24)29(37)35-18-27(36)30(38)39/h6-17,19-20,27,36H,1-5,18H2,(H,35,37)(H,38,39)/b28-19-/t27-/m1/s1. The molecule has 0 aromatic heterocycles. The first-order chi connectivity index (χ1) is 20.8. The largest absolute Gasteiger partial charge is 0.573 e. The van der Waals surface area contributed by atoms with Gasteiger partial charge in [-0.2, -0.15) is 0 Å². The van der Waals surface area contributed by atoms with E-state index in [0.717, 1.165) is 60.9 Å². The van der Waals surface area contributed by atoms with Crippen LogP contribution in [-0.2, 0) is 14.6 Å². The Morgan fingerprint density at radius 2 is 1.45 bits per heavy atom. The molecule has 0 radical (unpaired) electrons. The molecule has 1 aliphatic rings. The third-order valence-electron chi connectivity index (χ3n) is 7.01. The van der Waals surface area contributed by atoms with Gasteiger partial charge >= 0.3 is 12.3 Å². The summed E-state index contributed by atoms with van der Waals surface area (Å²) in [4.78, 5) is 22.8. The van der Waals surface area contributed by atoms with Crippen LogP contribution in [0.2, 0.25) is 0 Å². The number of halogens is 3. The second kappa shape index (κ2) is 14.0. The molecule has 1 amide bonds. The molecule has 0 aliphatic heterocycles. The number of nitrogens with one attached hydrogen (secondary N) is 1. The first-order valence-corrected chi connectivity index (χ1v) is 15.3. The Hall–Kier alpha value is -4.36. The lowest BCUT2D eigenvalue weighted by Crippen LogP contribution is -2.36. The van der Waals surface area contributed by atoms with Gasteiger partial charge in [0.15, 0.2) is 6.10 Å². The maximum absolute atomic E-state index is 13.3. The highest BCUT2D eigenvalue weighted by atomic mass is 32.2. The lowest BCUT2D eigenvalue weighted by molar-refractivity contribution is -0.274. The van der Waals surface area contributed by atoms with Crippen molar-refractivity contribution in [1.82, 2.24) is 5.32 Å². The van der Waals surface area contributed by atoms with Crippen LogP contribution in [0.25, 0.3) is 5.76 Å². The van der Waals surface area contributed by atoms with Crippen molar-refractivity contribution in [3.63, 3.8) is 0 Å². The van der Waals surface area contributed by atoms with E-state index < -0.39 is 46.5 Å². The van der Waals surface area contributed by atoms with Crippen LogP contribution in [0.3, 0.4) is 0 Å². The van der Waals surface area contributed by atoms with E-state index in [9.17, 15) is 36.3 Å². The fourth-order valence-corrected chi connectivity index (χ4v) is 5.84. The minimum absolute atomic E-state index is 0.0717. The molecule has 0 spiro atoms. The summed E-state index contributed by atoms with van der Waals surface area (Å²) in [6.07, 6.45) is -1.09. The molecular formula is C31H30F3NO8S. The third-order valence-corrected chi connectivity index (χ3v) is 8.46. The van der Waals surface area contributed by atoms with Crippen molar-refractivity contribution in [2.75, 3.05) is 6.54 Å². The summed E-state index contributed by atoms with van der Waals surface area (Å²) in [5, 5.41) is 21.3. The number of carbonyl (C=O) groups excluding carboxylic acids is 1. The van der Waals surface area contributed by atoms with Crippen LogP contribution < -0.4 is 14.8 Å². The van der Waals surface area contributed by atoms with E-state index in [1.807, 2.05) is 12.1 Å². The van der Waals surface area contributed by atoms with E-state index >= 15 is 0 Å². The van der Waals surface area contributed by atoms with Crippen molar-refractivity contribution in [2.45, 2.75) is 55.4 Å². The summed E-state index contributed by atoms with van der Waals surface area (Å²) in [5.41, 5.74) is 1.68. The molecule has 44 heavy (non-hydrogen) atoms. The van der Waals surface area contributed by atoms with E-state index in [-0.39, 0.29) is 22.0 Å². The van der Waals surface area contributed by atoms with Gasteiger partial charge in [0.25, 0.3) is 5.91 Å². The van der Waals surface area contributed by atoms with Crippen molar-refractivity contribution in [3.8, 4) is 11.5 Å². The maximum atomic E-state index is 13.3. The molecule has 3 N–H and O–H groups in total. The number of hydrogen-bond donors (Lipinski definition) is 3. The van der Waals surface area contributed by atoms with Crippen molar-refractivity contribution in [2.24, 2.45) is 0 Å². The van der Waals surface area contributed by atoms with Gasteiger partial charge in [-0.25, -0.2) is 13.2 Å². The van der Waals surface area contributed by atoms with Crippen LogP contribution >= 0.6 is 0 Å². The zero-order valence-corrected chi connectivity index (χ0v) is 24.1. The second-order valence-electron chi connectivity index (χ2n) is 10.2. The minimum Gasteiger partial charge on any atom is -0.479 e. The summed E-state index contributed by atoms with van der Waals surface area (Å²) in [5.74, 6) is -2.21. The number of amides is 1. The van der Waals surface area contributed by atoms with Gasteiger partial charge in [-0.3, -0.25) is 4.79 Å². The molecule has 0 saturated heterocycles. The van der Waals surface area contributed by atoms with Crippen LogP contribution in [0.5, 0.6) is 11.5 Å². The Morgan fingerprint density at radius 3 is 2.02 bits per heavy atom. The number of aliphatic carboxylic acids is 1. The smallest absolute Gasteiger partial charge is 0.479 e. The van der Waals surface area contributed by atoms with Gasteiger partial charge in [0.2, 0.25) is 9.84 Å². The Morgan fingerprint density at radius 1 is 0.886 bits per heavy atom. The number of carbonyl (C=O) groups is 2. The Labute approximate surface area is 251 Å². The number of aliphatic hydroxyl groups is 1. The SMILES string of the molecule is O=C(NC[C@@H](O)C(=O)O)c1ccc(O/C(=C\S(=O)(=O)c2ccc(OC(F)(F)F)cc2)c2ccc(C3CCCCC3)cc2)cc1. The number of rotatable bonds is 11. The van der Waals surface area contributed by atoms with Crippen molar-refractivity contribution in [3.05, 3.63) is 94.9 Å². The van der Waals surface area contributed by atoms with Crippen molar-refractivity contribution in [1.29, 1.82) is 0 Å². The fraction of sp³-hybridized carbons (Fsp3) is 0.290. The number of hydrogen-bond acceptors (Lipinski definition) is 7. The van der Waals surface area contributed by atoms with E-state index in [1.165, 1.54) is 30.7 Å². The molecule has 1 saturated carbocycles. The van der Waals surface area contributed by atoms with Crippen molar-refractivity contribution < 1.29 is 50.9 Å². The predicted molar refractivity (Wildman–Crippen MR) is 154 cm³/mol. The predicted octanol–water partition coefficient (Wildman–Crippen LogP) is 5.66. The Balaban J connectivity index is 1.60. The normalized spacial score (nSPS) is 15.3. The third kappa shape index (κ3) is 9.07. The van der Waals surface area contributed by atoms with Gasteiger partial charge in [0.05, 0.1) is 16.8 Å². The molecule has 0 unspecified atom stereocenters. The molecule has 3 aromatic rings. The average molecular weight is 634 g/mol. The highest BCUT2D eigenvalue weighted by Gasteiger charge is 2.31. The Bertz CT molecular complexity index is 1580. The van der Waals surface area contributed by atoms with Crippen LogP contribution in [0.1, 0.15) is 59.5 Å². The second-order valence-corrected chi connectivity index (χ2v) is 12.0. The summed E-state index contributed by atoms with van der Waals surface area (Å²) in [7, 11) is -4.22. The van der Waals surface area contributed by atoms with Crippen LogP contribution in [0.4, 0.5) is 13.2 Å². The van der Waals surface area contributed by atoms with Crippen LogP contribution in [0.15, 0.2) is 83.1 Å². The molecular weight excluding hydrogens is 603 g/mol. The van der Waals surface area contributed by atoms with Gasteiger partial charge in [-0.1, -0.05) is 43.5 Å². The van der Waals surface area contributed by atoms with E-state index in [4.69, 9.17) is 9.84 Å². The molecule has 4 rings (SSSR count). The molecule has 1 aliphatic carbocycles. The average Bonchev–Trinajstić information content (AvgIpc) is 2.99. The van der Waals surface area contributed by atoms with Gasteiger partial charge in [-0.05, 0) is 72.9 Å². The fourth-order valence-electron chi connectivity index (χ4n) is 4.73. The zero-order valence-electron chi connectivity index (χ0n) is 23.3. The summed E-state index contributed by atoms with van der Waals surface area (Å²) in [6, 6.07) is 16.6. The van der Waals surface area contributed by atoms with Gasteiger partial charge in [0.1, 0.15) is 17.3 Å². The molecule has 1 atom stereocenters. The lowest BCUT2D eigenvalue weighted by atomic mass is 9.84.